The van der Waals surface area contributed by atoms with Gasteiger partial charge in [0.1, 0.15) is 5.75 Å². The Labute approximate surface area is 248 Å². The Balaban J connectivity index is 1.73. The number of carboxylic acids is 1. The van der Waals surface area contributed by atoms with Crippen molar-refractivity contribution in [1.82, 2.24) is 9.97 Å². The van der Waals surface area contributed by atoms with Crippen molar-refractivity contribution >= 4 is 23.0 Å². The van der Waals surface area contributed by atoms with Crippen molar-refractivity contribution in [1.29, 1.82) is 0 Å². The molecule has 4 rings (SSSR count). The molecule has 7 nitrogen and oxygen atoms in total. The zero-order valence-electron chi connectivity index (χ0n) is 26.1. The minimum atomic E-state index is -1.13. The van der Waals surface area contributed by atoms with Crippen molar-refractivity contribution in [3.63, 3.8) is 0 Å². The van der Waals surface area contributed by atoms with Crippen LogP contribution in [0.1, 0.15) is 86.1 Å². The van der Waals surface area contributed by atoms with Gasteiger partial charge in [-0.1, -0.05) is 26.0 Å². The molecule has 0 unspecified atom stereocenters. The number of pyridine rings is 1. The van der Waals surface area contributed by atoms with Gasteiger partial charge in [-0.3, -0.25) is 4.98 Å². The fourth-order valence-corrected chi connectivity index (χ4v) is 6.46. The number of carbonyl (C=O) groups is 1. The number of aryl methyl sites for hydroxylation is 4. The molecule has 1 atom stereocenters. The molecular formula is C33H45N3O4S. The van der Waals surface area contributed by atoms with E-state index in [2.05, 4.69) is 35.9 Å². The van der Waals surface area contributed by atoms with Gasteiger partial charge in [-0.25, -0.2) is 9.78 Å². The number of carboxylic acid groups (broad SMARTS) is 1. The smallest absolute Gasteiger partial charge is 0.337 e. The Bertz CT molecular complexity index is 1380. The Hall–Kier alpha value is -2.97. The van der Waals surface area contributed by atoms with Gasteiger partial charge in [0.25, 0.3) is 0 Å². The molecule has 1 saturated heterocycles. The topological polar surface area (TPSA) is 84.8 Å². The standard InChI is InChI=1S/C33H45N3O4S/c1-20-26(41-23(4)35-20)14-19-39-25-12-10-24(11-13-25)27-21(2)34-22(3)28(30(31(37)38)40-32(5,6)7)29(27)36-17-15-33(8,9)16-18-36/h10-13,30H,14-19H2,1-9H3,(H,37,38)/t30-/m0/s1. The SMILES string of the molecule is Cc1nc(C)c(CCOc2ccc(-c3c(C)nc(C)c([C@H](OC(C)(C)C)C(=O)O)c3N3CCC(C)(C)CC3)cc2)s1. The molecular weight excluding hydrogens is 534 g/mol. The zero-order valence-corrected chi connectivity index (χ0v) is 26.9. The number of hydrogen-bond acceptors (Lipinski definition) is 7. The van der Waals surface area contributed by atoms with Crippen LogP contribution >= 0.6 is 11.3 Å². The van der Waals surface area contributed by atoms with Crippen LogP contribution in [0.15, 0.2) is 24.3 Å². The van der Waals surface area contributed by atoms with Crippen LogP contribution in [0.5, 0.6) is 5.75 Å². The summed E-state index contributed by atoms with van der Waals surface area (Å²) in [6.45, 7) is 20.5. The van der Waals surface area contributed by atoms with Crippen LogP contribution in [0.2, 0.25) is 0 Å². The number of anilines is 1. The van der Waals surface area contributed by atoms with E-state index >= 15 is 0 Å². The number of thiazole rings is 1. The summed E-state index contributed by atoms with van der Waals surface area (Å²) in [5, 5.41) is 11.5. The van der Waals surface area contributed by atoms with Gasteiger partial charge in [-0.2, -0.15) is 0 Å². The van der Waals surface area contributed by atoms with Gasteiger partial charge >= 0.3 is 5.97 Å². The van der Waals surface area contributed by atoms with E-state index in [9.17, 15) is 9.90 Å². The van der Waals surface area contributed by atoms with Crippen molar-refractivity contribution in [3.8, 4) is 16.9 Å². The Morgan fingerprint density at radius 2 is 1.66 bits per heavy atom. The summed E-state index contributed by atoms with van der Waals surface area (Å²) in [6.07, 6.45) is 1.74. The highest BCUT2D eigenvalue weighted by atomic mass is 32.1. The second kappa shape index (κ2) is 12.1. The third-order valence-electron chi connectivity index (χ3n) is 7.71. The lowest BCUT2D eigenvalue weighted by Gasteiger charge is -2.41. The molecule has 0 amide bonds. The van der Waals surface area contributed by atoms with Crippen molar-refractivity contribution < 1.29 is 19.4 Å². The van der Waals surface area contributed by atoms with E-state index in [1.807, 2.05) is 60.6 Å². The summed E-state index contributed by atoms with van der Waals surface area (Å²) >= 11 is 1.72. The maximum Gasteiger partial charge on any atom is 0.337 e. The Morgan fingerprint density at radius 1 is 1.02 bits per heavy atom. The first-order valence-electron chi connectivity index (χ1n) is 14.5. The van der Waals surface area contributed by atoms with E-state index in [0.29, 0.717) is 17.9 Å². The third kappa shape index (κ3) is 7.46. The highest BCUT2D eigenvalue weighted by Crippen LogP contribution is 2.45. The van der Waals surface area contributed by atoms with E-state index in [-0.39, 0.29) is 5.41 Å². The molecule has 0 radical (unpaired) electrons. The van der Waals surface area contributed by atoms with Crippen LogP contribution in [0.4, 0.5) is 5.69 Å². The molecule has 3 heterocycles. The third-order valence-corrected chi connectivity index (χ3v) is 8.84. The summed E-state index contributed by atoms with van der Waals surface area (Å²) in [5.74, 6) is -0.209. The summed E-state index contributed by atoms with van der Waals surface area (Å²) in [5.41, 5.74) is 5.75. The molecule has 0 spiro atoms. The van der Waals surface area contributed by atoms with Gasteiger partial charge in [0.2, 0.25) is 0 Å². The second-order valence-corrected chi connectivity index (χ2v) is 14.2. The molecule has 8 heteroatoms. The largest absolute Gasteiger partial charge is 0.493 e. The van der Waals surface area contributed by atoms with E-state index < -0.39 is 17.7 Å². The number of ether oxygens (including phenoxy) is 2. The molecule has 1 N–H and O–H groups in total. The predicted molar refractivity (Wildman–Crippen MR) is 166 cm³/mol. The van der Waals surface area contributed by atoms with Crippen LogP contribution in [-0.2, 0) is 16.0 Å². The number of piperidine rings is 1. The molecule has 222 valence electrons. The average molecular weight is 580 g/mol. The van der Waals surface area contributed by atoms with Crippen LogP contribution < -0.4 is 9.64 Å². The van der Waals surface area contributed by atoms with Gasteiger partial charge in [0.05, 0.1) is 28.6 Å². The molecule has 1 aromatic carbocycles. The number of aromatic nitrogens is 2. The lowest BCUT2D eigenvalue weighted by molar-refractivity contribution is -0.160. The zero-order chi connectivity index (χ0) is 30.1. The van der Waals surface area contributed by atoms with Crippen LogP contribution in [0.3, 0.4) is 0 Å². The summed E-state index contributed by atoms with van der Waals surface area (Å²) < 4.78 is 12.3. The number of nitrogens with zero attached hydrogens (tertiary/aromatic N) is 3. The van der Waals surface area contributed by atoms with Gasteiger partial charge in [0, 0.05) is 46.9 Å². The molecule has 1 aliphatic rings. The molecule has 0 bridgehead atoms. The van der Waals surface area contributed by atoms with Crippen molar-refractivity contribution in [2.75, 3.05) is 24.6 Å². The van der Waals surface area contributed by atoms with Crippen molar-refractivity contribution in [2.24, 2.45) is 5.41 Å². The van der Waals surface area contributed by atoms with Gasteiger partial charge in [-0.05, 0) is 84.4 Å². The van der Waals surface area contributed by atoms with Crippen molar-refractivity contribution in [2.45, 2.75) is 93.3 Å². The molecule has 3 aromatic rings. The fourth-order valence-electron chi connectivity index (χ4n) is 5.54. The van der Waals surface area contributed by atoms with Gasteiger partial charge < -0.3 is 19.5 Å². The van der Waals surface area contributed by atoms with E-state index in [1.165, 1.54) is 4.88 Å². The first-order chi connectivity index (χ1) is 19.1. The van der Waals surface area contributed by atoms with Gasteiger partial charge in [0.15, 0.2) is 6.10 Å². The number of benzene rings is 1. The molecule has 1 aliphatic heterocycles. The maximum atomic E-state index is 12.7. The summed E-state index contributed by atoms with van der Waals surface area (Å²) in [4.78, 5) is 25.7. The van der Waals surface area contributed by atoms with E-state index in [4.69, 9.17) is 14.5 Å². The Morgan fingerprint density at radius 3 is 2.20 bits per heavy atom. The van der Waals surface area contributed by atoms with Crippen molar-refractivity contribution in [3.05, 3.63) is 56.8 Å². The first-order valence-corrected chi connectivity index (χ1v) is 15.3. The minimum absolute atomic E-state index is 0.247. The molecule has 1 fully saturated rings. The summed E-state index contributed by atoms with van der Waals surface area (Å²) in [6, 6.07) is 8.08. The number of rotatable bonds is 9. The average Bonchev–Trinajstić information content (AvgIpc) is 3.19. The molecule has 41 heavy (non-hydrogen) atoms. The quantitative estimate of drug-likeness (QED) is 0.279. The molecule has 0 saturated carbocycles. The lowest BCUT2D eigenvalue weighted by atomic mass is 9.82. The van der Waals surface area contributed by atoms with Crippen LogP contribution in [0.25, 0.3) is 11.1 Å². The minimum Gasteiger partial charge on any atom is -0.493 e. The molecule has 0 aliphatic carbocycles. The fraction of sp³-hybridized carbons (Fsp3) is 0.545. The lowest BCUT2D eigenvalue weighted by Crippen LogP contribution is -2.39. The molecule has 2 aromatic heterocycles. The second-order valence-electron chi connectivity index (χ2n) is 12.9. The highest BCUT2D eigenvalue weighted by molar-refractivity contribution is 7.11. The summed E-state index contributed by atoms with van der Waals surface area (Å²) in [7, 11) is 0. The highest BCUT2D eigenvalue weighted by Gasteiger charge is 2.36. The van der Waals surface area contributed by atoms with Crippen LogP contribution in [-0.4, -0.2) is 46.3 Å². The van der Waals surface area contributed by atoms with E-state index in [1.54, 1.807) is 11.3 Å². The van der Waals surface area contributed by atoms with E-state index in [0.717, 1.165) is 71.3 Å². The van der Waals surface area contributed by atoms with Crippen LogP contribution in [0, 0.1) is 33.1 Å². The number of hydrogen-bond donors (Lipinski definition) is 1. The Kier molecular flexibility index (Phi) is 9.14. The van der Waals surface area contributed by atoms with Gasteiger partial charge in [-0.15, -0.1) is 11.3 Å². The number of aliphatic carboxylic acids is 1. The normalized spacial score (nSPS) is 16.1. The maximum absolute atomic E-state index is 12.7. The monoisotopic (exact) mass is 579 g/mol. The predicted octanol–water partition coefficient (Wildman–Crippen LogP) is 7.63. The first kappa shape index (κ1) is 31.0.